The van der Waals surface area contributed by atoms with Gasteiger partial charge in [-0.1, -0.05) is 23.7 Å². The zero-order valence-corrected chi connectivity index (χ0v) is 22.0. The van der Waals surface area contributed by atoms with Crippen molar-refractivity contribution >= 4 is 33.3 Å². The minimum absolute atomic E-state index is 0.0368. The molecule has 4 rings (SSSR count). The second kappa shape index (κ2) is 10.7. The van der Waals surface area contributed by atoms with Gasteiger partial charge >= 0.3 is 0 Å². The number of methoxy groups -OCH3 is 1. The fourth-order valence-corrected chi connectivity index (χ4v) is 4.63. The van der Waals surface area contributed by atoms with E-state index in [0.29, 0.717) is 29.2 Å². The van der Waals surface area contributed by atoms with Crippen molar-refractivity contribution in [2.75, 3.05) is 26.5 Å². The highest BCUT2D eigenvalue weighted by atomic mass is 35.5. The van der Waals surface area contributed by atoms with Crippen LogP contribution in [-0.4, -0.2) is 61.6 Å². The van der Waals surface area contributed by atoms with Gasteiger partial charge < -0.3 is 19.7 Å². The Morgan fingerprint density at radius 3 is 2.57 bits per heavy atom. The summed E-state index contributed by atoms with van der Waals surface area (Å²) in [5, 5.41) is 2.39. The van der Waals surface area contributed by atoms with E-state index in [0.717, 1.165) is 11.8 Å². The number of aromatic nitrogens is 2. The molecule has 0 saturated heterocycles. The van der Waals surface area contributed by atoms with Crippen molar-refractivity contribution < 1.29 is 27.5 Å². The molecule has 12 heteroatoms. The maximum Gasteiger partial charge on any atom is 0.273 e. The van der Waals surface area contributed by atoms with Crippen molar-refractivity contribution in [2.24, 2.45) is 0 Å². The van der Waals surface area contributed by atoms with Crippen LogP contribution in [-0.2, 0) is 27.8 Å². The van der Waals surface area contributed by atoms with E-state index < -0.39 is 20.9 Å². The van der Waals surface area contributed by atoms with Crippen molar-refractivity contribution in [3.63, 3.8) is 0 Å². The third kappa shape index (κ3) is 5.83. The number of likely N-dealkylation sites (N-methyl/N-ethyl adjacent to an activating group) is 1. The van der Waals surface area contributed by atoms with Crippen LogP contribution >= 0.6 is 11.6 Å². The van der Waals surface area contributed by atoms with Gasteiger partial charge in [-0.15, -0.1) is 0 Å². The number of carbonyl (C=O) groups excluding carboxylic acids is 2. The van der Waals surface area contributed by atoms with Gasteiger partial charge in [0, 0.05) is 23.9 Å². The lowest BCUT2D eigenvalue weighted by Crippen LogP contribution is -2.37. The number of ether oxygens (including phenoxy) is 2. The molecule has 2 aromatic carbocycles. The minimum Gasteiger partial charge on any atom is -0.497 e. The number of fused-ring (bicyclic) bond motifs is 1. The Kier molecular flexibility index (Phi) is 7.65. The third-order valence-electron chi connectivity index (χ3n) is 5.60. The van der Waals surface area contributed by atoms with Gasteiger partial charge in [-0.05, 0) is 42.8 Å². The quantitative estimate of drug-likeness (QED) is 0.407. The summed E-state index contributed by atoms with van der Waals surface area (Å²) in [6.07, 6.45) is 0.960. The molecule has 1 aliphatic heterocycles. The van der Waals surface area contributed by atoms with Gasteiger partial charge in [0.15, 0.2) is 0 Å². The van der Waals surface area contributed by atoms with Crippen LogP contribution in [0, 0.1) is 0 Å². The molecule has 37 heavy (non-hydrogen) atoms. The molecule has 1 aromatic heterocycles. The molecule has 194 valence electrons. The molecule has 0 spiro atoms. The number of amides is 2. The van der Waals surface area contributed by atoms with E-state index >= 15 is 0 Å². The molecule has 0 atom stereocenters. The van der Waals surface area contributed by atoms with Crippen LogP contribution in [0.25, 0.3) is 11.3 Å². The molecule has 0 radical (unpaired) electrons. The number of nitrogens with zero attached hydrogens (tertiary/aromatic N) is 3. The molecule has 0 bridgehead atoms. The SMILES string of the molecule is CCNC(=O)CN1Cc2c(nc(S(C)(=O)=O)nc2-c2ccc(OCc3cccc(OC)c3)cc2Cl)C1=O. The molecule has 2 amide bonds. The summed E-state index contributed by atoms with van der Waals surface area (Å²) in [4.78, 5) is 34.7. The van der Waals surface area contributed by atoms with Crippen LogP contribution < -0.4 is 14.8 Å². The lowest BCUT2D eigenvalue weighted by atomic mass is 10.1. The molecule has 2 heterocycles. The summed E-state index contributed by atoms with van der Waals surface area (Å²) < 4.78 is 35.7. The maximum absolute atomic E-state index is 13.0. The van der Waals surface area contributed by atoms with Gasteiger partial charge in [-0.25, -0.2) is 18.4 Å². The molecule has 1 aliphatic rings. The van der Waals surface area contributed by atoms with Crippen molar-refractivity contribution in [1.29, 1.82) is 0 Å². The lowest BCUT2D eigenvalue weighted by molar-refractivity contribution is -0.121. The van der Waals surface area contributed by atoms with Gasteiger partial charge in [-0.2, -0.15) is 0 Å². The van der Waals surface area contributed by atoms with Gasteiger partial charge in [0.25, 0.3) is 5.91 Å². The standard InChI is InChI=1S/C25H25ClN4O6S/c1-4-27-21(31)13-30-12-19-22(28-25(37(3,33)34)29-23(19)24(30)32)18-9-8-17(11-20(18)26)36-14-15-6-5-7-16(10-15)35-2/h5-11H,4,12-14H2,1-3H3,(H,27,31). The van der Waals surface area contributed by atoms with Crippen molar-refractivity contribution in [3.8, 4) is 22.8 Å². The van der Waals surface area contributed by atoms with Gasteiger partial charge in [0.05, 0.1) is 24.4 Å². The fourth-order valence-electron chi connectivity index (χ4n) is 3.85. The van der Waals surface area contributed by atoms with Gasteiger partial charge in [0.2, 0.25) is 20.9 Å². The first-order chi connectivity index (χ1) is 17.6. The van der Waals surface area contributed by atoms with E-state index in [2.05, 4.69) is 15.3 Å². The van der Waals surface area contributed by atoms with Crippen LogP contribution in [0.15, 0.2) is 47.6 Å². The first-order valence-corrected chi connectivity index (χ1v) is 13.6. The van der Waals surface area contributed by atoms with E-state index in [4.69, 9.17) is 21.1 Å². The average Bonchev–Trinajstić information content (AvgIpc) is 3.17. The number of benzene rings is 2. The van der Waals surface area contributed by atoms with E-state index in [9.17, 15) is 18.0 Å². The Balaban J connectivity index is 1.67. The molecular weight excluding hydrogens is 520 g/mol. The van der Waals surface area contributed by atoms with Crippen LogP contribution in [0.5, 0.6) is 11.5 Å². The number of halogens is 1. The topological polar surface area (TPSA) is 128 Å². The Morgan fingerprint density at radius 1 is 1.14 bits per heavy atom. The molecule has 0 fully saturated rings. The molecule has 10 nitrogen and oxygen atoms in total. The average molecular weight is 545 g/mol. The molecule has 3 aromatic rings. The molecule has 0 unspecified atom stereocenters. The molecule has 0 saturated carbocycles. The van der Waals surface area contributed by atoms with Crippen molar-refractivity contribution in [3.05, 3.63) is 64.3 Å². The Bertz CT molecular complexity index is 1480. The Labute approximate surface area is 219 Å². The van der Waals surface area contributed by atoms with Crippen molar-refractivity contribution in [2.45, 2.75) is 25.2 Å². The first kappa shape index (κ1) is 26.4. The summed E-state index contributed by atoms with van der Waals surface area (Å²) in [6.45, 7) is 2.30. The zero-order chi connectivity index (χ0) is 26.7. The smallest absolute Gasteiger partial charge is 0.273 e. The molecule has 1 N–H and O–H groups in total. The van der Waals surface area contributed by atoms with E-state index in [1.54, 1.807) is 32.2 Å². The highest BCUT2D eigenvalue weighted by Crippen LogP contribution is 2.36. The minimum atomic E-state index is -3.84. The first-order valence-electron chi connectivity index (χ1n) is 11.3. The van der Waals surface area contributed by atoms with Gasteiger partial charge in [0.1, 0.15) is 30.3 Å². The Hall–Kier alpha value is -3.70. The van der Waals surface area contributed by atoms with Crippen LogP contribution in [0.2, 0.25) is 5.02 Å². The number of hydrogen-bond acceptors (Lipinski definition) is 8. The number of nitrogens with one attached hydrogen (secondary N) is 1. The predicted octanol–water partition coefficient (Wildman–Crippen LogP) is 2.88. The third-order valence-corrected chi connectivity index (χ3v) is 6.76. The highest BCUT2D eigenvalue weighted by molar-refractivity contribution is 7.90. The summed E-state index contributed by atoms with van der Waals surface area (Å²) >= 11 is 6.59. The van der Waals surface area contributed by atoms with Gasteiger partial charge in [-0.3, -0.25) is 9.59 Å². The number of sulfone groups is 1. The van der Waals surface area contributed by atoms with Crippen LogP contribution in [0.3, 0.4) is 0 Å². The highest BCUT2D eigenvalue weighted by Gasteiger charge is 2.35. The Morgan fingerprint density at radius 2 is 1.89 bits per heavy atom. The van der Waals surface area contributed by atoms with E-state index in [1.165, 1.54) is 4.90 Å². The number of rotatable bonds is 9. The molecule has 0 aliphatic carbocycles. The summed E-state index contributed by atoms with van der Waals surface area (Å²) in [5.41, 5.74) is 1.85. The monoisotopic (exact) mass is 544 g/mol. The summed E-state index contributed by atoms with van der Waals surface area (Å²) in [5.74, 6) is 0.310. The summed E-state index contributed by atoms with van der Waals surface area (Å²) in [6, 6.07) is 12.4. The number of hydrogen-bond donors (Lipinski definition) is 1. The fraction of sp³-hybridized carbons (Fsp3) is 0.280. The van der Waals surface area contributed by atoms with Crippen molar-refractivity contribution in [1.82, 2.24) is 20.2 Å². The zero-order valence-electron chi connectivity index (χ0n) is 20.4. The molecular formula is C25H25ClN4O6S. The second-order valence-electron chi connectivity index (χ2n) is 8.35. The lowest BCUT2D eigenvalue weighted by Gasteiger charge is -2.14. The number of carbonyl (C=O) groups is 2. The largest absolute Gasteiger partial charge is 0.497 e. The van der Waals surface area contributed by atoms with E-state index in [-0.39, 0.29) is 42.0 Å². The second-order valence-corrected chi connectivity index (χ2v) is 10.7. The van der Waals surface area contributed by atoms with E-state index in [1.807, 2.05) is 24.3 Å². The van der Waals surface area contributed by atoms with Crippen LogP contribution in [0.1, 0.15) is 28.5 Å². The maximum atomic E-state index is 13.0. The summed E-state index contributed by atoms with van der Waals surface area (Å²) in [7, 11) is -2.26. The normalized spacial score (nSPS) is 12.9. The van der Waals surface area contributed by atoms with Crippen LogP contribution in [0.4, 0.5) is 0 Å². The predicted molar refractivity (Wildman–Crippen MR) is 136 cm³/mol.